The quantitative estimate of drug-likeness (QED) is 0.737. The Morgan fingerprint density at radius 1 is 1.26 bits per heavy atom. The summed E-state index contributed by atoms with van der Waals surface area (Å²) < 4.78 is 5.35. The van der Waals surface area contributed by atoms with Crippen molar-refractivity contribution in [2.45, 2.75) is 6.10 Å². The highest BCUT2D eigenvalue weighted by molar-refractivity contribution is 6.00. The Morgan fingerprint density at radius 2 is 1.89 bits per heavy atom. The van der Waals surface area contributed by atoms with Crippen LogP contribution >= 0.6 is 0 Å². The van der Waals surface area contributed by atoms with Gasteiger partial charge in [-0.05, 0) is 22.9 Å². The minimum absolute atomic E-state index is 0.102. The average molecular weight is 261 g/mol. The standard InChI is InChI=1S/C14H15NO4/c15-14(18)12-5-9-3-1-2-4-10(9)6-13(12)19-8-11(17)7-16/h1-6,11,16-17H,7-8H2,(H2,15,18). The van der Waals surface area contributed by atoms with Gasteiger partial charge in [0, 0.05) is 0 Å². The van der Waals surface area contributed by atoms with E-state index in [1.165, 1.54) is 0 Å². The molecule has 5 nitrogen and oxygen atoms in total. The summed E-state index contributed by atoms with van der Waals surface area (Å²) in [6.07, 6.45) is -0.993. The number of amides is 1. The number of primary amides is 1. The number of nitrogens with two attached hydrogens (primary N) is 1. The van der Waals surface area contributed by atoms with Gasteiger partial charge in [-0.25, -0.2) is 0 Å². The predicted molar refractivity (Wildman–Crippen MR) is 71.1 cm³/mol. The zero-order chi connectivity index (χ0) is 13.8. The number of hydrogen-bond donors (Lipinski definition) is 3. The van der Waals surface area contributed by atoms with E-state index in [0.717, 1.165) is 10.8 Å². The lowest BCUT2D eigenvalue weighted by Gasteiger charge is -2.13. The molecule has 0 saturated carbocycles. The smallest absolute Gasteiger partial charge is 0.252 e. The second-order valence-electron chi connectivity index (χ2n) is 4.21. The van der Waals surface area contributed by atoms with Crippen molar-refractivity contribution in [1.29, 1.82) is 0 Å². The van der Waals surface area contributed by atoms with Crippen LogP contribution in [0.2, 0.25) is 0 Å². The maximum atomic E-state index is 11.4. The van der Waals surface area contributed by atoms with Crippen molar-refractivity contribution in [2.75, 3.05) is 13.2 Å². The van der Waals surface area contributed by atoms with Crippen LogP contribution in [0.5, 0.6) is 5.75 Å². The van der Waals surface area contributed by atoms with Crippen molar-refractivity contribution in [1.82, 2.24) is 0 Å². The average Bonchev–Trinajstić information content (AvgIpc) is 2.43. The maximum absolute atomic E-state index is 11.4. The summed E-state index contributed by atoms with van der Waals surface area (Å²) in [6, 6.07) is 10.8. The molecule has 0 heterocycles. The molecule has 2 aromatic rings. The predicted octanol–water partition coefficient (Wildman–Crippen LogP) is 0.671. The maximum Gasteiger partial charge on any atom is 0.252 e. The van der Waals surface area contributed by atoms with Gasteiger partial charge >= 0.3 is 0 Å². The van der Waals surface area contributed by atoms with Gasteiger partial charge in [-0.3, -0.25) is 4.79 Å². The number of fused-ring (bicyclic) bond motifs is 1. The Labute approximate surface area is 110 Å². The van der Waals surface area contributed by atoms with Crippen LogP contribution in [0.15, 0.2) is 36.4 Å². The van der Waals surface area contributed by atoms with Crippen molar-refractivity contribution in [3.8, 4) is 5.75 Å². The number of carbonyl (C=O) groups is 1. The summed E-state index contributed by atoms with van der Waals surface area (Å²) >= 11 is 0. The summed E-state index contributed by atoms with van der Waals surface area (Å²) in [7, 11) is 0. The molecule has 0 spiro atoms. The fourth-order valence-corrected chi connectivity index (χ4v) is 1.77. The molecule has 2 aromatic carbocycles. The molecule has 0 aliphatic carbocycles. The van der Waals surface area contributed by atoms with E-state index in [1.807, 2.05) is 24.3 Å². The van der Waals surface area contributed by atoms with Gasteiger partial charge in [0.2, 0.25) is 0 Å². The van der Waals surface area contributed by atoms with Gasteiger partial charge in [0.05, 0.1) is 12.2 Å². The van der Waals surface area contributed by atoms with Crippen LogP contribution in [0.25, 0.3) is 10.8 Å². The van der Waals surface area contributed by atoms with Crippen molar-refractivity contribution in [3.63, 3.8) is 0 Å². The summed E-state index contributed by atoms with van der Waals surface area (Å²) in [5.74, 6) is -0.294. The first-order chi connectivity index (χ1) is 9.11. The van der Waals surface area contributed by atoms with E-state index in [1.54, 1.807) is 12.1 Å². The van der Waals surface area contributed by atoms with Crippen LogP contribution < -0.4 is 10.5 Å². The van der Waals surface area contributed by atoms with E-state index in [9.17, 15) is 9.90 Å². The minimum Gasteiger partial charge on any atom is -0.490 e. The third-order valence-electron chi connectivity index (χ3n) is 2.76. The molecule has 0 aliphatic heterocycles. The van der Waals surface area contributed by atoms with Crippen molar-refractivity contribution in [2.24, 2.45) is 5.73 Å². The van der Waals surface area contributed by atoms with Crippen molar-refractivity contribution >= 4 is 16.7 Å². The molecule has 5 heteroatoms. The Kier molecular flexibility index (Phi) is 3.99. The van der Waals surface area contributed by atoms with Crippen molar-refractivity contribution in [3.05, 3.63) is 42.0 Å². The molecule has 4 N–H and O–H groups in total. The number of rotatable bonds is 5. The largest absolute Gasteiger partial charge is 0.490 e. The lowest BCUT2D eigenvalue weighted by molar-refractivity contribution is 0.0532. The molecule has 2 rings (SSSR count). The molecule has 0 radical (unpaired) electrons. The van der Waals surface area contributed by atoms with Gasteiger partial charge in [-0.2, -0.15) is 0 Å². The lowest BCUT2D eigenvalue weighted by atomic mass is 10.1. The number of ether oxygens (including phenoxy) is 1. The van der Waals surface area contributed by atoms with Gasteiger partial charge in [0.1, 0.15) is 18.5 Å². The monoisotopic (exact) mass is 261 g/mol. The SMILES string of the molecule is NC(=O)c1cc2ccccc2cc1OCC(O)CO. The van der Waals surface area contributed by atoms with Gasteiger partial charge < -0.3 is 20.7 Å². The van der Waals surface area contributed by atoms with Gasteiger partial charge in [-0.1, -0.05) is 24.3 Å². The summed E-state index contributed by atoms with van der Waals surface area (Å²) in [5, 5.41) is 19.8. The van der Waals surface area contributed by atoms with Crippen LogP contribution in [-0.4, -0.2) is 35.4 Å². The molecule has 0 aliphatic rings. The molecular weight excluding hydrogens is 246 g/mol. The number of aliphatic hydroxyl groups excluding tert-OH is 2. The van der Waals surface area contributed by atoms with Crippen LogP contribution in [0.3, 0.4) is 0 Å². The summed E-state index contributed by atoms with van der Waals surface area (Å²) in [4.78, 5) is 11.4. The number of benzene rings is 2. The lowest BCUT2D eigenvalue weighted by Crippen LogP contribution is -2.22. The van der Waals surface area contributed by atoms with Gasteiger partial charge in [-0.15, -0.1) is 0 Å². The van der Waals surface area contributed by atoms with Gasteiger partial charge in [0.25, 0.3) is 5.91 Å². The van der Waals surface area contributed by atoms with E-state index >= 15 is 0 Å². The van der Waals surface area contributed by atoms with Gasteiger partial charge in [0.15, 0.2) is 0 Å². The highest BCUT2D eigenvalue weighted by Crippen LogP contribution is 2.26. The summed E-state index contributed by atoms with van der Waals surface area (Å²) in [6.45, 7) is -0.505. The highest BCUT2D eigenvalue weighted by atomic mass is 16.5. The highest BCUT2D eigenvalue weighted by Gasteiger charge is 2.12. The topological polar surface area (TPSA) is 92.8 Å². The molecule has 0 aromatic heterocycles. The zero-order valence-electron chi connectivity index (χ0n) is 10.2. The first-order valence-electron chi connectivity index (χ1n) is 5.86. The van der Waals surface area contributed by atoms with E-state index in [2.05, 4.69) is 0 Å². The fourth-order valence-electron chi connectivity index (χ4n) is 1.77. The second kappa shape index (κ2) is 5.69. The summed E-state index contributed by atoms with van der Waals surface area (Å²) in [5.41, 5.74) is 5.57. The van der Waals surface area contributed by atoms with Crippen LogP contribution in [0.1, 0.15) is 10.4 Å². The normalized spacial score (nSPS) is 12.3. The Morgan fingerprint density at radius 3 is 2.47 bits per heavy atom. The zero-order valence-corrected chi connectivity index (χ0v) is 10.2. The molecule has 0 saturated heterocycles. The first-order valence-corrected chi connectivity index (χ1v) is 5.86. The number of hydrogen-bond acceptors (Lipinski definition) is 4. The Bertz CT molecular complexity index is 597. The van der Waals surface area contributed by atoms with E-state index in [-0.39, 0.29) is 12.2 Å². The minimum atomic E-state index is -0.993. The molecular formula is C14H15NO4. The Hall–Kier alpha value is -2.11. The second-order valence-corrected chi connectivity index (χ2v) is 4.21. The molecule has 100 valence electrons. The molecule has 0 fully saturated rings. The van der Waals surface area contributed by atoms with Crippen LogP contribution in [-0.2, 0) is 0 Å². The number of aliphatic hydroxyl groups is 2. The Balaban J connectivity index is 2.39. The molecule has 1 amide bonds. The van der Waals surface area contributed by atoms with E-state index in [4.69, 9.17) is 15.6 Å². The molecule has 19 heavy (non-hydrogen) atoms. The third-order valence-corrected chi connectivity index (χ3v) is 2.76. The van der Waals surface area contributed by atoms with E-state index in [0.29, 0.717) is 5.75 Å². The molecule has 1 unspecified atom stereocenters. The fraction of sp³-hybridized carbons (Fsp3) is 0.214. The van der Waals surface area contributed by atoms with Crippen molar-refractivity contribution < 1.29 is 19.7 Å². The molecule has 0 bridgehead atoms. The number of carbonyl (C=O) groups excluding carboxylic acids is 1. The molecule has 1 atom stereocenters. The van der Waals surface area contributed by atoms with E-state index < -0.39 is 18.6 Å². The van der Waals surface area contributed by atoms with Crippen LogP contribution in [0.4, 0.5) is 0 Å². The third kappa shape index (κ3) is 3.01. The first kappa shape index (κ1) is 13.3. The van der Waals surface area contributed by atoms with Crippen LogP contribution in [0, 0.1) is 0 Å².